The number of sulfonamides is 1. The maximum Gasteiger partial charge on any atom is 0.501 e. The second kappa shape index (κ2) is 19.7. The third-order valence-electron chi connectivity index (χ3n) is 11.6. The maximum absolute atomic E-state index is 14.2. The predicted octanol–water partition coefficient (Wildman–Crippen LogP) is 9.58. The van der Waals surface area contributed by atoms with Crippen molar-refractivity contribution < 1.29 is 30.0 Å². The zero-order valence-corrected chi connectivity index (χ0v) is 37.7. The molecule has 1 saturated carbocycles. The Balaban J connectivity index is 1.04. The van der Waals surface area contributed by atoms with Gasteiger partial charge in [0.1, 0.15) is 17.0 Å². The summed E-state index contributed by atoms with van der Waals surface area (Å²) in [5, 5.41) is 3.71. The van der Waals surface area contributed by atoms with Crippen molar-refractivity contribution >= 4 is 54.7 Å². The van der Waals surface area contributed by atoms with Gasteiger partial charge in [-0.2, -0.15) is 13.2 Å². The van der Waals surface area contributed by atoms with Crippen molar-refractivity contribution in [2.24, 2.45) is 5.92 Å². The number of thioether (sulfide) groups is 1. The lowest BCUT2D eigenvalue weighted by Gasteiger charge is -2.39. The molecule has 7 rings (SSSR count). The summed E-state index contributed by atoms with van der Waals surface area (Å²) < 4.78 is 98.8. The summed E-state index contributed by atoms with van der Waals surface area (Å²) in [5.74, 6) is 0.963. The number of hydrogen-bond acceptors (Lipinski definition) is 10. The SMILES string of the molecule is CN(C)CC[C@H](CSc1ccccc1)Nc1ccc(S(=O)(=O)Nc2ncnc3c2CCN(C2CCC(Cc4ccccc4-c4ccc(Cl)cc4)CC2)C3)cc1S(=O)(=O)C(F)(F)F. The van der Waals surface area contributed by atoms with Crippen LogP contribution in [-0.2, 0) is 39.2 Å². The smallest absolute Gasteiger partial charge is 0.380 e. The number of halogens is 4. The van der Waals surface area contributed by atoms with E-state index in [-0.39, 0.29) is 11.5 Å². The highest BCUT2D eigenvalue weighted by Crippen LogP contribution is 2.39. The van der Waals surface area contributed by atoms with Crippen LogP contribution in [-0.4, -0.2) is 87.1 Å². The standard InChI is InChI=1S/C45H50ClF3N6O4S3/c1-54(2)24-22-35(29-60-37-9-4-3-5-10-37)52-41-21-20-38(27-43(41)61(56,57)45(47,48)49)62(58,59)53-44-40-23-25-55(28-42(40)50-30-51-44)36-18-12-31(13-19-36)26-33-8-6-7-11-39(33)32-14-16-34(46)17-15-32/h3-11,14-17,20-21,27,30-31,35-36,52H,12-13,18-19,22-26,28-29H2,1-2H3,(H,50,51,53)/t31?,35-,36?/m1/s1. The lowest BCUT2D eigenvalue weighted by atomic mass is 9.80. The van der Waals surface area contributed by atoms with Crippen LogP contribution in [0.5, 0.6) is 0 Å². The molecular weight excluding hydrogens is 877 g/mol. The molecule has 5 aromatic rings. The first-order valence-corrected chi connectivity index (χ1v) is 24.9. The Morgan fingerprint density at radius 3 is 2.32 bits per heavy atom. The Bertz CT molecular complexity index is 2540. The van der Waals surface area contributed by atoms with Crippen molar-refractivity contribution in [2.45, 2.75) is 83.8 Å². The van der Waals surface area contributed by atoms with E-state index >= 15 is 0 Å². The summed E-state index contributed by atoms with van der Waals surface area (Å²) >= 11 is 7.62. The monoisotopic (exact) mass is 926 g/mol. The molecule has 330 valence electrons. The molecule has 0 unspecified atom stereocenters. The van der Waals surface area contributed by atoms with Gasteiger partial charge >= 0.3 is 5.51 Å². The molecular formula is C45H50ClF3N6O4S3. The molecule has 1 aromatic heterocycles. The van der Waals surface area contributed by atoms with Gasteiger partial charge < -0.3 is 10.2 Å². The molecule has 2 N–H and O–H groups in total. The molecule has 10 nitrogen and oxygen atoms in total. The number of rotatable bonds is 16. The van der Waals surface area contributed by atoms with E-state index in [2.05, 4.69) is 61.3 Å². The highest BCUT2D eigenvalue weighted by atomic mass is 35.5. The van der Waals surface area contributed by atoms with Crippen LogP contribution < -0.4 is 10.0 Å². The second-order valence-electron chi connectivity index (χ2n) is 16.2. The van der Waals surface area contributed by atoms with Gasteiger partial charge in [0.25, 0.3) is 19.9 Å². The van der Waals surface area contributed by atoms with Crippen molar-refractivity contribution in [3.05, 3.63) is 125 Å². The number of fused-ring (bicyclic) bond motifs is 1. The average molecular weight is 928 g/mol. The summed E-state index contributed by atoms with van der Waals surface area (Å²) in [6.07, 6.45) is 7.35. The Kier molecular flexibility index (Phi) is 14.5. The van der Waals surface area contributed by atoms with Gasteiger partial charge in [-0.05, 0) is 131 Å². The summed E-state index contributed by atoms with van der Waals surface area (Å²) in [4.78, 5) is 12.1. The Hall–Kier alpha value is -4.19. The summed E-state index contributed by atoms with van der Waals surface area (Å²) in [6.45, 7) is 1.71. The fraction of sp³-hybridized carbons (Fsp3) is 0.378. The molecule has 4 aromatic carbocycles. The molecule has 0 amide bonds. The predicted molar refractivity (Wildman–Crippen MR) is 241 cm³/mol. The minimum Gasteiger partial charge on any atom is -0.380 e. The molecule has 0 bridgehead atoms. The van der Waals surface area contributed by atoms with Crippen molar-refractivity contribution in [2.75, 3.05) is 43.0 Å². The lowest BCUT2D eigenvalue weighted by Crippen LogP contribution is -2.42. The van der Waals surface area contributed by atoms with E-state index in [1.807, 2.05) is 61.5 Å². The fourth-order valence-corrected chi connectivity index (χ4v) is 11.5. The van der Waals surface area contributed by atoms with E-state index in [1.165, 1.54) is 29.2 Å². The molecule has 2 heterocycles. The van der Waals surface area contributed by atoms with Crippen LogP contribution in [0, 0.1) is 5.92 Å². The van der Waals surface area contributed by atoms with Crippen molar-refractivity contribution in [3.8, 4) is 11.1 Å². The minimum atomic E-state index is -5.98. The first kappa shape index (κ1) is 45.8. The van der Waals surface area contributed by atoms with Gasteiger partial charge in [0, 0.05) is 46.4 Å². The number of nitrogens with zero attached hydrogens (tertiary/aromatic N) is 4. The van der Waals surface area contributed by atoms with Gasteiger partial charge in [-0.25, -0.2) is 26.8 Å². The molecule has 0 radical (unpaired) electrons. The topological polar surface area (TPSA) is 125 Å². The minimum absolute atomic E-state index is 0.0156. The zero-order chi connectivity index (χ0) is 44.1. The van der Waals surface area contributed by atoms with E-state index in [4.69, 9.17) is 11.6 Å². The van der Waals surface area contributed by atoms with Crippen LogP contribution in [0.1, 0.15) is 48.9 Å². The van der Waals surface area contributed by atoms with Gasteiger partial charge in [-0.1, -0.05) is 66.2 Å². The average Bonchev–Trinajstić information content (AvgIpc) is 3.25. The second-order valence-corrected chi connectivity index (χ2v) is 21.3. The van der Waals surface area contributed by atoms with Gasteiger partial charge in [-0.3, -0.25) is 9.62 Å². The highest BCUT2D eigenvalue weighted by Gasteiger charge is 2.48. The van der Waals surface area contributed by atoms with Crippen molar-refractivity contribution in [1.29, 1.82) is 0 Å². The summed E-state index contributed by atoms with van der Waals surface area (Å²) in [6, 6.07) is 28.5. The van der Waals surface area contributed by atoms with Crippen LogP contribution in [0.3, 0.4) is 0 Å². The Morgan fingerprint density at radius 2 is 1.61 bits per heavy atom. The Labute approximate surface area is 371 Å². The maximum atomic E-state index is 14.2. The van der Waals surface area contributed by atoms with E-state index in [1.54, 1.807) is 0 Å². The van der Waals surface area contributed by atoms with Crippen LogP contribution in [0.15, 0.2) is 118 Å². The van der Waals surface area contributed by atoms with E-state index < -0.39 is 41.2 Å². The van der Waals surface area contributed by atoms with E-state index in [0.717, 1.165) is 54.7 Å². The number of anilines is 2. The molecule has 17 heteroatoms. The zero-order valence-electron chi connectivity index (χ0n) is 34.5. The molecule has 2 aliphatic rings. The molecule has 1 aliphatic carbocycles. The normalized spacial score (nSPS) is 18.0. The van der Waals surface area contributed by atoms with Crippen LogP contribution in [0.4, 0.5) is 24.7 Å². The van der Waals surface area contributed by atoms with Gasteiger partial charge in [-0.15, -0.1) is 11.8 Å². The fourth-order valence-electron chi connectivity index (χ4n) is 8.28. The number of alkyl halides is 3. The molecule has 1 aliphatic heterocycles. The van der Waals surface area contributed by atoms with Gasteiger partial charge in [0.15, 0.2) is 0 Å². The Morgan fingerprint density at radius 1 is 0.903 bits per heavy atom. The molecule has 0 spiro atoms. The number of nitrogens with one attached hydrogen (secondary N) is 2. The number of benzene rings is 4. The lowest BCUT2D eigenvalue weighted by molar-refractivity contribution is -0.0435. The first-order valence-electron chi connectivity index (χ1n) is 20.6. The van der Waals surface area contributed by atoms with Crippen LogP contribution in [0.25, 0.3) is 11.1 Å². The third kappa shape index (κ3) is 11.1. The van der Waals surface area contributed by atoms with Crippen molar-refractivity contribution in [3.63, 3.8) is 0 Å². The number of sulfone groups is 1. The van der Waals surface area contributed by atoms with Gasteiger partial charge in [0.05, 0.1) is 16.3 Å². The number of aromatic nitrogens is 2. The summed E-state index contributed by atoms with van der Waals surface area (Å²) in [5.41, 5.74) is -1.07. The van der Waals surface area contributed by atoms with Crippen LogP contribution >= 0.6 is 23.4 Å². The third-order valence-corrected chi connectivity index (χ3v) is 15.9. The van der Waals surface area contributed by atoms with E-state index in [9.17, 15) is 30.0 Å². The van der Waals surface area contributed by atoms with Gasteiger partial charge in [0.2, 0.25) is 0 Å². The molecule has 0 saturated heterocycles. The highest BCUT2D eigenvalue weighted by molar-refractivity contribution is 7.99. The van der Waals surface area contributed by atoms with Crippen LogP contribution in [0.2, 0.25) is 5.02 Å². The first-order chi connectivity index (χ1) is 29.6. The van der Waals surface area contributed by atoms with E-state index in [0.29, 0.717) is 72.5 Å². The molecule has 1 atom stereocenters. The molecule has 62 heavy (non-hydrogen) atoms. The summed E-state index contributed by atoms with van der Waals surface area (Å²) in [7, 11) is -6.87. The molecule has 1 fully saturated rings. The quantitative estimate of drug-likeness (QED) is 0.0925. The number of hydrogen-bond donors (Lipinski definition) is 2. The van der Waals surface area contributed by atoms with Crippen molar-refractivity contribution in [1.82, 2.24) is 19.8 Å². The largest absolute Gasteiger partial charge is 0.501 e.